The minimum absolute atomic E-state index is 0. The van der Waals surface area contributed by atoms with E-state index in [-0.39, 0.29) is 23.2 Å². The van der Waals surface area contributed by atoms with Gasteiger partial charge in [0.1, 0.15) is 0 Å². The summed E-state index contributed by atoms with van der Waals surface area (Å²) in [5.74, 6) is 0.0847. The van der Waals surface area contributed by atoms with Gasteiger partial charge in [-0.1, -0.05) is 22.1 Å². The zero-order valence-corrected chi connectivity index (χ0v) is 12.2. The van der Waals surface area contributed by atoms with Crippen LogP contribution in [0, 0.1) is 6.92 Å². The minimum Gasteiger partial charge on any atom is -0.870 e. The van der Waals surface area contributed by atoms with Crippen molar-refractivity contribution in [3.63, 3.8) is 0 Å². The van der Waals surface area contributed by atoms with E-state index in [9.17, 15) is 8.42 Å². The molecule has 0 saturated heterocycles. The fraction of sp³-hybridized carbons (Fsp3) is 0.300. The summed E-state index contributed by atoms with van der Waals surface area (Å²) in [6, 6.07) is 0. The lowest BCUT2D eigenvalue weighted by Gasteiger charge is -2.16. The topological polar surface area (TPSA) is 153 Å². The predicted octanol–water partition coefficient (Wildman–Crippen LogP) is -1.11. The Morgan fingerprint density at radius 3 is 2.29 bits per heavy atom. The Morgan fingerprint density at radius 1 is 1.38 bits per heavy atom. The highest BCUT2D eigenvalue weighted by atomic mass is 32.3. The predicted molar refractivity (Wildman–Crippen MR) is 74.0 cm³/mol. The van der Waals surface area contributed by atoms with Crippen molar-refractivity contribution < 1.29 is 27.5 Å². The fourth-order valence-corrected chi connectivity index (χ4v) is 1.78. The number of nitrogen functional groups attached to an aromatic ring is 1. The first-order valence-electron chi connectivity index (χ1n) is 5.48. The van der Waals surface area contributed by atoms with Gasteiger partial charge in [-0.3, -0.25) is 4.55 Å². The molecular formula is C10H17N5O5S. The van der Waals surface area contributed by atoms with Crippen LogP contribution in [-0.4, -0.2) is 41.5 Å². The molecule has 10 nitrogen and oxygen atoms in total. The lowest BCUT2D eigenvalue weighted by Crippen LogP contribution is -2.52. The van der Waals surface area contributed by atoms with Gasteiger partial charge in [-0.2, -0.15) is 8.42 Å². The summed E-state index contributed by atoms with van der Waals surface area (Å²) in [5.41, 5.74) is 5.59. The highest BCUT2D eigenvalue weighted by Gasteiger charge is 2.23. The van der Waals surface area contributed by atoms with Gasteiger partial charge in [0.15, 0.2) is 0 Å². The first kappa shape index (κ1) is 18.8. The molecule has 11 heteroatoms. The third kappa shape index (κ3) is 5.33. The largest absolute Gasteiger partial charge is 0.870 e. The van der Waals surface area contributed by atoms with Crippen molar-refractivity contribution in [3.8, 4) is 0 Å². The van der Waals surface area contributed by atoms with E-state index in [1.807, 2.05) is 0 Å². The third-order valence-corrected chi connectivity index (χ3v) is 2.47. The molecule has 0 fully saturated rings. The molecule has 4 N–H and O–H groups in total. The van der Waals surface area contributed by atoms with Gasteiger partial charge < -0.3 is 16.1 Å². The van der Waals surface area contributed by atoms with Crippen LogP contribution in [-0.2, 0) is 10.4 Å². The average Bonchev–Trinajstić information content (AvgIpc) is 2.32. The maximum absolute atomic E-state index is 10.7. The number of anilines is 2. The zero-order chi connectivity index (χ0) is 15.3. The van der Waals surface area contributed by atoms with E-state index in [2.05, 4.69) is 27.4 Å². The van der Waals surface area contributed by atoms with E-state index in [4.69, 9.17) is 10.3 Å². The fourth-order valence-electron chi connectivity index (χ4n) is 1.41. The summed E-state index contributed by atoms with van der Waals surface area (Å²) in [5, 5.41) is 0. The van der Waals surface area contributed by atoms with E-state index in [0.29, 0.717) is 17.8 Å². The summed E-state index contributed by atoms with van der Waals surface area (Å²) >= 11 is 0. The van der Waals surface area contributed by atoms with Gasteiger partial charge >= 0.3 is 22.3 Å². The molecule has 1 aromatic rings. The Labute approximate surface area is 122 Å². The minimum atomic E-state index is -4.72. The van der Waals surface area contributed by atoms with Gasteiger partial charge in [-0.25, -0.2) is 4.28 Å². The molecule has 1 heterocycles. The van der Waals surface area contributed by atoms with Gasteiger partial charge in [-0.15, -0.1) is 13.2 Å². The molecule has 0 spiro atoms. The van der Waals surface area contributed by atoms with Gasteiger partial charge in [0.2, 0.25) is 0 Å². The molecule has 0 atom stereocenters. The molecule has 0 amide bonds. The summed E-state index contributed by atoms with van der Waals surface area (Å²) in [4.78, 5) is 9.68. The Bertz CT molecular complexity index is 585. The quantitative estimate of drug-likeness (QED) is 0.361. The second-order valence-corrected chi connectivity index (χ2v) is 4.71. The number of nitrogens with two attached hydrogens (primary N) is 1. The SMILES string of the molecule is C=CCN(CC=C)c1nc(C)[n+](OS(=O)(=O)O)c(N)n1.[OH-]. The highest BCUT2D eigenvalue weighted by molar-refractivity contribution is 7.80. The maximum Gasteiger partial charge on any atom is 0.474 e. The number of aryl methyl sites for hydroxylation is 1. The molecular weight excluding hydrogens is 302 g/mol. The van der Waals surface area contributed by atoms with Crippen LogP contribution in [0.15, 0.2) is 25.3 Å². The lowest BCUT2D eigenvalue weighted by atomic mass is 10.4. The van der Waals surface area contributed by atoms with E-state index >= 15 is 0 Å². The van der Waals surface area contributed by atoms with Crippen LogP contribution < -0.4 is 19.6 Å². The molecule has 1 rings (SSSR count). The van der Waals surface area contributed by atoms with Crippen molar-refractivity contribution in [2.24, 2.45) is 0 Å². The Hall–Kier alpha value is -2.24. The van der Waals surface area contributed by atoms with Crippen molar-refractivity contribution in [1.82, 2.24) is 9.97 Å². The maximum atomic E-state index is 10.7. The standard InChI is InChI=1S/C10H15N5O4S.H2O/c1-4-6-14(7-5-2)10-12-8(3)15(9(11)13-10)19-20(16,17)18;/h4-5,11H,1-2,6-7H2,3H3,(H,16,17,18);1H2. The Morgan fingerprint density at radius 2 is 1.90 bits per heavy atom. The van der Waals surface area contributed by atoms with Crippen LogP contribution in [0.1, 0.15) is 5.82 Å². The van der Waals surface area contributed by atoms with Crippen LogP contribution in [0.2, 0.25) is 0 Å². The molecule has 118 valence electrons. The van der Waals surface area contributed by atoms with E-state index in [1.54, 1.807) is 17.1 Å². The molecule has 0 aliphatic rings. The van der Waals surface area contributed by atoms with Crippen LogP contribution in [0.3, 0.4) is 0 Å². The van der Waals surface area contributed by atoms with Crippen LogP contribution in [0.4, 0.5) is 11.9 Å². The molecule has 0 aromatic carbocycles. The molecule has 0 bridgehead atoms. The normalized spacial score (nSPS) is 10.4. The van der Waals surface area contributed by atoms with Gasteiger partial charge in [-0.05, 0) is 4.73 Å². The lowest BCUT2D eigenvalue weighted by molar-refractivity contribution is -0.853. The van der Waals surface area contributed by atoms with E-state index < -0.39 is 10.4 Å². The number of hydrogen-bond donors (Lipinski definition) is 2. The van der Waals surface area contributed by atoms with Crippen molar-refractivity contribution in [1.29, 1.82) is 0 Å². The van der Waals surface area contributed by atoms with Crippen molar-refractivity contribution in [2.45, 2.75) is 6.92 Å². The Kier molecular flexibility index (Phi) is 6.72. The first-order chi connectivity index (χ1) is 9.28. The van der Waals surface area contributed by atoms with E-state index in [0.717, 1.165) is 0 Å². The molecule has 0 aliphatic heterocycles. The second-order valence-electron chi connectivity index (χ2n) is 3.71. The smallest absolute Gasteiger partial charge is 0.474 e. The zero-order valence-electron chi connectivity index (χ0n) is 11.4. The summed E-state index contributed by atoms with van der Waals surface area (Å²) in [7, 11) is -4.72. The number of hydrogen-bond acceptors (Lipinski definition) is 8. The summed E-state index contributed by atoms with van der Waals surface area (Å²) < 4.78 is 34.9. The Balaban J connectivity index is 0.00000400. The monoisotopic (exact) mass is 319 g/mol. The van der Waals surface area contributed by atoms with Crippen LogP contribution in [0.25, 0.3) is 0 Å². The summed E-state index contributed by atoms with van der Waals surface area (Å²) in [6.07, 6.45) is 3.29. The van der Waals surface area contributed by atoms with Crippen LogP contribution in [0.5, 0.6) is 0 Å². The summed E-state index contributed by atoms with van der Waals surface area (Å²) in [6.45, 7) is 9.58. The number of aromatic nitrogens is 3. The average molecular weight is 319 g/mol. The molecule has 0 unspecified atom stereocenters. The second kappa shape index (κ2) is 7.52. The molecule has 1 aromatic heterocycles. The third-order valence-electron chi connectivity index (χ3n) is 2.13. The van der Waals surface area contributed by atoms with Gasteiger partial charge in [0, 0.05) is 20.0 Å². The van der Waals surface area contributed by atoms with Gasteiger partial charge in [0.25, 0.3) is 5.82 Å². The number of rotatable bonds is 7. The molecule has 0 aliphatic carbocycles. The molecule has 0 saturated carbocycles. The first-order valence-corrected chi connectivity index (χ1v) is 6.85. The van der Waals surface area contributed by atoms with Crippen molar-refractivity contribution >= 4 is 22.3 Å². The highest BCUT2D eigenvalue weighted by Crippen LogP contribution is 2.08. The molecule has 21 heavy (non-hydrogen) atoms. The van der Waals surface area contributed by atoms with Crippen molar-refractivity contribution in [3.05, 3.63) is 31.1 Å². The van der Waals surface area contributed by atoms with Crippen molar-refractivity contribution in [2.75, 3.05) is 23.7 Å². The van der Waals surface area contributed by atoms with Gasteiger partial charge in [0.05, 0.1) is 0 Å². The van der Waals surface area contributed by atoms with Crippen LogP contribution >= 0.6 is 0 Å². The number of nitrogens with zero attached hydrogens (tertiary/aromatic N) is 4. The van der Waals surface area contributed by atoms with E-state index in [1.165, 1.54) is 6.92 Å². The molecule has 0 radical (unpaired) electrons.